The predicted octanol–water partition coefficient (Wildman–Crippen LogP) is 6.92. The first kappa shape index (κ1) is 22.4. The Kier molecular flexibility index (Phi) is 7.99. The van der Waals surface area contributed by atoms with E-state index in [0.29, 0.717) is 20.8 Å². The minimum absolute atomic E-state index is 0.163. The molecule has 0 bridgehead atoms. The summed E-state index contributed by atoms with van der Waals surface area (Å²) in [5, 5.41) is 10.2. The molecular weight excluding hydrogens is 457 g/mol. The fourth-order valence-electron chi connectivity index (χ4n) is 2.55. The van der Waals surface area contributed by atoms with Crippen molar-refractivity contribution in [1.82, 2.24) is 0 Å². The number of rotatable bonds is 6. The van der Waals surface area contributed by atoms with E-state index in [1.807, 2.05) is 61.5 Å². The van der Waals surface area contributed by atoms with Crippen molar-refractivity contribution in [2.24, 2.45) is 0 Å². The van der Waals surface area contributed by atoms with Gasteiger partial charge in [0.05, 0.1) is 16.0 Å². The molecule has 8 heteroatoms. The highest BCUT2D eigenvalue weighted by Gasteiger charge is 2.16. The normalized spacial score (nSPS) is 11.4. The third-order valence-electron chi connectivity index (χ3n) is 3.99. The fraction of sp³-hybridized carbons (Fsp3) is 0.0909. The summed E-state index contributed by atoms with van der Waals surface area (Å²) in [6.45, 7) is 1.83. The maximum atomic E-state index is 12.6. The molecule has 3 aromatic rings. The monoisotopic (exact) mass is 475 g/mol. The minimum Gasteiger partial charge on any atom is -0.332 e. The molecule has 1 amide bonds. The predicted molar refractivity (Wildman–Crippen MR) is 133 cm³/mol. The molecule has 0 aromatic heterocycles. The summed E-state index contributed by atoms with van der Waals surface area (Å²) in [5.41, 5.74) is 2.23. The van der Waals surface area contributed by atoms with E-state index in [1.165, 1.54) is 11.8 Å². The molecule has 0 spiro atoms. The summed E-state index contributed by atoms with van der Waals surface area (Å²) in [5.74, 6) is -0.163. The topological polar surface area (TPSA) is 53.2 Å². The maximum absolute atomic E-state index is 12.6. The molecule has 0 fully saturated rings. The van der Waals surface area contributed by atoms with Gasteiger partial charge in [-0.25, -0.2) is 0 Å². The Labute approximate surface area is 195 Å². The molecule has 0 aliphatic rings. The Bertz CT molecular complexity index is 1050. The van der Waals surface area contributed by atoms with Crippen LogP contribution in [-0.2, 0) is 4.79 Å². The Morgan fingerprint density at radius 3 is 2.37 bits per heavy atom. The molecule has 0 heterocycles. The highest BCUT2D eigenvalue weighted by molar-refractivity contribution is 8.00. The SMILES string of the molecule is CC(Sc1cccc(NC(=S)Nc2ccccc2)c1)C(=O)Nc1cc(Cl)ccc1Cl. The Balaban J connectivity index is 1.59. The molecule has 3 N–H and O–H groups in total. The van der Waals surface area contributed by atoms with Crippen molar-refractivity contribution < 1.29 is 4.79 Å². The van der Waals surface area contributed by atoms with Gasteiger partial charge in [-0.15, -0.1) is 11.8 Å². The van der Waals surface area contributed by atoms with Crippen LogP contribution in [0.5, 0.6) is 0 Å². The van der Waals surface area contributed by atoms with Crippen LogP contribution in [0, 0.1) is 0 Å². The highest BCUT2D eigenvalue weighted by atomic mass is 35.5. The van der Waals surface area contributed by atoms with E-state index in [2.05, 4.69) is 16.0 Å². The molecule has 1 unspecified atom stereocenters. The zero-order valence-electron chi connectivity index (χ0n) is 16.0. The average molecular weight is 476 g/mol. The van der Waals surface area contributed by atoms with Crippen LogP contribution in [0.1, 0.15) is 6.92 Å². The first-order chi connectivity index (χ1) is 14.4. The lowest BCUT2D eigenvalue weighted by Gasteiger charge is -2.15. The molecule has 154 valence electrons. The van der Waals surface area contributed by atoms with Crippen molar-refractivity contribution in [3.05, 3.63) is 82.8 Å². The van der Waals surface area contributed by atoms with Crippen LogP contribution in [0.4, 0.5) is 17.1 Å². The van der Waals surface area contributed by atoms with Crippen LogP contribution in [-0.4, -0.2) is 16.3 Å². The summed E-state index contributed by atoms with van der Waals surface area (Å²) >= 11 is 18.9. The van der Waals surface area contributed by atoms with E-state index in [9.17, 15) is 4.79 Å². The molecule has 30 heavy (non-hydrogen) atoms. The zero-order valence-corrected chi connectivity index (χ0v) is 19.1. The van der Waals surface area contributed by atoms with Gasteiger partial charge in [0.1, 0.15) is 0 Å². The Morgan fingerprint density at radius 1 is 0.900 bits per heavy atom. The van der Waals surface area contributed by atoms with Gasteiger partial charge in [0.25, 0.3) is 0 Å². The largest absolute Gasteiger partial charge is 0.332 e. The number of nitrogens with one attached hydrogen (secondary N) is 3. The number of hydrogen-bond donors (Lipinski definition) is 3. The van der Waals surface area contributed by atoms with Crippen LogP contribution < -0.4 is 16.0 Å². The summed E-state index contributed by atoms with van der Waals surface area (Å²) in [6, 6.07) is 22.4. The number of halogens is 2. The van der Waals surface area contributed by atoms with Crippen molar-refractivity contribution in [1.29, 1.82) is 0 Å². The second-order valence-corrected chi connectivity index (χ2v) is 9.01. The number of benzene rings is 3. The minimum atomic E-state index is -0.343. The molecule has 0 radical (unpaired) electrons. The molecule has 0 saturated heterocycles. The molecule has 4 nitrogen and oxygen atoms in total. The average Bonchev–Trinajstić information content (AvgIpc) is 2.71. The second-order valence-electron chi connectivity index (χ2n) is 6.35. The summed E-state index contributed by atoms with van der Waals surface area (Å²) in [7, 11) is 0. The molecular formula is C22H19Cl2N3OS2. The van der Waals surface area contributed by atoms with Crippen LogP contribution in [0.15, 0.2) is 77.7 Å². The number of thiocarbonyl (C=S) groups is 1. The number of hydrogen-bond acceptors (Lipinski definition) is 3. The van der Waals surface area contributed by atoms with Crippen molar-refractivity contribution in [2.45, 2.75) is 17.1 Å². The van der Waals surface area contributed by atoms with Gasteiger partial charge < -0.3 is 16.0 Å². The van der Waals surface area contributed by atoms with Crippen molar-refractivity contribution in [3.63, 3.8) is 0 Å². The second kappa shape index (κ2) is 10.7. The zero-order chi connectivity index (χ0) is 21.5. The van der Waals surface area contributed by atoms with Crippen LogP contribution >= 0.6 is 47.2 Å². The van der Waals surface area contributed by atoms with Gasteiger partial charge in [0.15, 0.2) is 5.11 Å². The number of para-hydroxylation sites is 1. The number of anilines is 3. The van der Waals surface area contributed by atoms with E-state index in [1.54, 1.807) is 18.2 Å². The van der Waals surface area contributed by atoms with Crippen LogP contribution in [0.3, 0.4) is 0 Å². The molecule has 3 aromatic carbocycles. The number of amides is 1. The van der Waals surface area contributed by atoms with Gasteiger partial charge in [-0.1, -0.05) is 47.5 Å². The lowest BCUT2D eigenvalue weighted by molar-refractivity contribution is -0.115. The lowest BCUT2D eigenvalue weighted by Crippen LogP contribution is -2.22. The van der Waals surface area contributed by atoms with Gasteiger partial charge in [-0.05, 0) is 67.7 Å². The standard InChI is InChI=1S/C22H19Cl2N3OS2/c1-14(21(28)27-20-12-15(23)10-11-19(20)24)30-18-9-5-8-17(13-18)26-22(29)25-16-6-3-2-4-7-16/h2-14H,1H3,(H,27,28)(H2,25,26,29). The van der Waals surface area contributed by atoms with Gasteiger partial charge in [0, 0.05) is 21.3 Å². The van der Waals surface area contributed by atoms with Crippen molar-refractivity contribution in [3.8, 4) is 0 Å². The van der Waals surface area contributed by atoms with Gasteiger partial charge in [-0.3, -0.25) is 4.79 Å². The molecule has 1 atom stereocenters. The molecule has 0 aliphatic carbocycles. The van der Waals surface area contributed by atoms with E-state index in [0.717, 1.165) is 16.3 Å². The summed E-state index contributed by atoms with van der Waals surface area (Å²) in [6.07, 6.45) is 0. The van der Waals surface area contributed by atoms with Crippen LogP contribution in [0.25, 0.3) is 0 Å². The van der Waals surface area contributed by atoms with E-state index >= 15 is 0 Å². The first-order valence-corrected chi connectivity index (χ1v) is 11.1. The number of carbonyl (C=O) groups excluding carboxylic acids is 1. The molecule has 3 rings (SSSR count). The van der Waals surface area contributed by atoms with Crippen molar-refractivity contribution in [2.75, 3.05) is 16.0 Å². The van der Waals surface area contributed by atoms with E-state index < -0.39 is 0 Å². The number of thioether (sulfide) groups is 1. The van der Waals surface area contributed by atoms with Crippen LogP contribution in [0.2, 0.25) is 10.0 Å². The lowest BCUT2D eigenvalue weighted by atomic mass is 10.3. The van der Waals surface area contributed by atoms with Crippen molar-refractivity contribution >= 4 is 75.3 Å². The third kappa shape index (κ3) is 6.64. The fourth-order valence-corrected chi connectivity index (χ4v) is 4.05. The third-order valence-corrected chi connectivity index (χ3v) is 5.85. The summed E-state index contributed by atoms with van der Waals surface area (Å²) < 4.78 is 0. The first-order valence-electron chi connectivity index (χ1n) is 9.06. The van der Waals surface area contributed by atoms with Gasteiger partial charge in [-0.2, -0.15) is 0 Å². The van der Waals surface area contributed by atoms with Gasteiger partial charge >= 0.3 is 0 Å². The van der Waals surface area contributed by atoms with E-state index in [4.69, 9.17) is 35.4 Å². The quantitative estimate of drug-likeness (QED) is 0.266. The molecule has 0 aliphatic heterocycles. The van der Waals surface area contributed by atoms with Gasteiger partial charge in [0.2, 0.25) is 5.91 Å². The Hall–Kier alpha value is -2.25. The smallest absolute Gasteiger partial charge is 0.237 e. The van der Waals surface area contributed by atoms with E-state index in [-0.39, 0.29) is 11.2 Å². The molecule has 0 saturated carbocycles. The Morgan fingerprint density at radius 2 is 1.60 bits per heavy atom. The highest BCUT2D eigenvalue weighted by Crippen LogP contribution is 2.29. The maximum Gasteiger partial charge on any atom is 0.237 e. The number of carbonyl (C=O) groups is 1. The summed E-state index contributed by atoms with van der Waals surface area (Å²) in [4.78, 5) is 13.5.